The fourth-order valence-corrected chi connectivity index (χ4v) is 2.23. The molecule has 1 unspecified atom stereocenters. The van der Waals surface area contributed by atoms with Gasteiger partial charge in [0.25, 0.3) is 5.95 Å². The van der Waals surface area contributed by atoms with E-state index in [0.717, 1.165) is 25.4 Å². The smallest absolute Gasteiger partial charge is 0.265 e. The summed E-state index contributed by atoms with van der Waals surface area (Å²) < 4.78 is 5.43. The summed E-state index contributed by atoms with van der Waals surface area (Å²) in [5.74, 6) is 1.93. The van der Waals surface area contributed by atoms with Crippen molar-refractivity contribution >= 4 is 5.95 Å². The topological polar surface area (TPSA) is 54.2 Å². The molecule has 5 nitrogen and oxygen atoms in total. The van der Waals surface area contributed by atoms with Gasteiger partial charge in [0.05, 0.1) is 5.41 Å². The third-order valence-corrected chi connectivity index (χ3v) is 3.53. The van der Waals surface area contributed by atoms with Crippen molar-refractivity contribution in [2.24, 2.45) is 5.92 Å². The van der Waals surface area contributed by atoms with Crippen LogP contribution in [-0.2, 0) is 5.41 Å². The van der Waals surface area contributed by atoms with Crippen molar-refractivity contribution in [3.63, 3.8) is 0 Å². The summed E-state index contributed by atoms with van der Waals surface area (Å²) in [6.45, 7) is 6.39. The lowest BCUT2D eigenvalue weighted by atomic mass is 9.76. The maximum atomic E-state index is 5.43. The van der Waals surface area contributed by atoms with Crippen molar-refractivity contribution < 1.29 is 4.52 Å². The second-order valence-electron chi connectivity index (χ2n) is 5.03. The van der Waals surface area contributed by atoms with Gasteiger partial charge >= 0.3 is 0 Å². The molecule has 0 aliphatic carbocycles. The molecule has 0 saturated carbocycles. The molecule has 1 aromatic rings. The van der Waals surface area contributed by atoms with E-state index in [9.17, 15) is 0 Å². The molecule has 1 N–H and O–H groups in total. The van der Waals surface area contributed by atoms with Crippen LogP contribution in [0.15, 0.2) is 4.52 Å². The number of aromatic nitrogens is 2. The lowest BCUT2D eigenvalue weighted by Crippen LogP contribution is -2.35. The highest BCUT2D eigenvalue weighted by Gasteiger charge is 2.43. The first kappa shape index (κ1) is 11.4. The molecule has 90 valence electrons. The van der Waals surface area contributed by atoms with Gasteiger partial charge in [-0.1, -0.05) is 13.8 Å². The Morgan fingerprint density at radius 2 is 2.19 bits per heavy atom. The van der Waals surface area contributed by atoms with Gasteiger partial charge in [0.1, 0.15) is 0 Å². The van der Waals surface area contributed by atoms with Crippen LogP contribution in [0.25, 0.3) is 0 Å². The summed E-state index contributed by atoms with van der Waals surface area (Å²) in [4.78, 5) is 6.36. The third-order valence-electron chi connectivity index (χ3n) is 3.53. The predicted molar refractivity (Wildman–Crippen MR) is 62.6 cm³/mol. The van der Waals surface area contributed by atoms with Gasteiger partial charge in [0.2, 0.25) is 5.89 Å². The number of rotatable bonds is 3. The molecule has 1 saturated heterocycles. The maximum absolute atomic E-state index is 5.43. The van der Waals surface area contributed by atoms with E-state index >= 15 is 0 Å². The average molecular weight is 224 g/mol. The van der Waals surface area contributed by atoms with E-state index in [1.54, 1.807) is 0 Å². The zero-order valence-corrected chi connectivity index (χ0v) is 10.4. The van der Waals surface area contributed by atoms with Crippen LogP contribution in [0.5, 0.6) is 0 Å². The molecular formula is C11H20N4O. The zero-order chi connectivity index (χ0) is 11.8. The number of hydrogen-bond donors (Lipinski definition) is 1. The minimum Gasteiger partial charge on any atom is -0.344 e. The lowest BCUT2D eigenvalue weighted by molar-refractivity contribution is 0.234. The van der Waals surface area contributed by atoms with Crippen LogP contribution in [-0.4, -0.2) is 37.3 Å². The first-order chi connectivity index (χ1) is 7.56. The summed E-state index contributed by atoms with van der Waals surface area (Å²) in [6, 6.07) is 0. The van der Waals surface area contributed by atoms with Gasteiger partial charge < -0.3 is 14.7 Å². The molecule has 0 radical (unpaired) electrons. The summed E-state index contributed by atoms with van der Waals surface area (Å²) >= 11 is 0. The first-order valence-electron chi connectivity index (χ1n) is 5.78. The SMILES string of the molecule is CC(C)C1(c2nc(N(C)C)no2)CCNC1. The second kappa shape index (κ2) is 4.05. The van der Waals surface area contributed by atoms with Crippen LogP contribution in [0.2, 0.25) is 0 Å². The molecular weight excluding hydrogens is 204 g/mol. The highest BCUT2D eigenvalue weighted by Crippen LogP contribution is 2.37. The minimum absolute atomic E-state index is 0.0151. The Morgan fingerprint density at radius 3 is 2.62 bits per heavy atom. The van der Waals surface area contributed by atoms with Crippen LogP contribution in [0, 0.1) is 5.92 Å². The molecule has 2 heterocycles. The first-order valence-corrected chi connectivity index (χ1v) is 5.78. The summed E-state index contributed by atoms with van der Waals surface area (Å²) in [6.07, 6.45) is 1.07. The molecule has 0 bridgehead atoms. The molecule has 1 aromatic heterocycles. The van der Waals surface area contributed by atoms with Crippen LogP contribution in [0.1, 0.15) is 26.2 Å². The molecule has 5 heteroatoms. The van der Waals surface area contributed by atoms with E-state index in [1.165, 1.54) is 0 Å². The highest BCUT2D eigenvalue weighted by molar-refractivity contribution is 5.26. The standard InChI is InChI=1S/C11H20N4O/c1-8(2)11(5-6-12-7-11)9-13-10(14-16-9)15(3)4/h8,12H,5-7H2,1-4H3. The Bertz CT molecular complexity index is 353. The van der Waals surface area contributed by atoms with Crippen molar-refractivity contribution in [2.75, 3.05) is 32.1 Å². The molecule has 1 aliphatic rings. The largest absolute Gasteiger partial charge is 0.344 e. The Kier molecular flexibility index (Phi) is 2.88. The van der Waals surface area contributed by atoms with Gasteiger partial charge in [-0.25, -0.2) is 0 Å². The Hall–Kier alpha value is -1.10. The normalized spacial score (nSPS) is 25.3. The average Bonchev–Trinajstić information content (AvgIpc) is 2.87. The highest BCUT2D eigenvalue weighted by atomic mass is 16.5. The van der Waals surface area contributed by atoms with Gasteiger partial charge in [-0.2, -0.15) is 4.98 Å². The summed E-state index contributed by atoms with van der Waals surface area (Å²) in [5, 5.41) is 7.39. The maximum Gasteiger partial charge on any atom is 0.265 e. The number of nitrogens with one attached hydrogen (secondary N) is 1. The fraction of sp³-hybridized carbons (Fsp3) is 0.818. The summed E-state index contributed by atoms with van der Waals surface area (Å²) in [7, 11) is 3.84. The van der Waals surface area contributed by atoms with Crippen molar-refractivity contribution in [2.45, 2.75) is 25.7 Å². The van der Waals surface area contributed by atoms with Crippen LogP contribution >= 0.6 is 0 Å². The number of hydrogen-bond acceptors (Lipinski definition) is 5. The monoisotopic (exact) mass is 224 g/mol. The van der Waals surface area contributed by atoms with Gasteiger partial charge in [0, 0.05) is 20.6 Å². The molecule has 0 aromatic carbocycles. The number of anilines is 1. The third kappa shape index (κ3) is 1.69. The minimum atomic E-state index is 0.0151. The molecule has 1 aliphatic heterocycles. The lowest BCUT2D eigenvalue weighted by Gasteiger charge is -2.28. The molecule has 16 heavy (non-hydrogen) atoms. The van der Waals surface area contributed by atoms with E-state index in [0.29, 0.717) is 11.9 Å². The summed E-state index contributed by atoms with van der Waals surface area (Å²) in [5.41, 5.74) is 0.0151. The second-order valence-corrected chi connectivity index (χ2v) is 5.03. The Balaban J connectivity index is 2.32. The van der Waals surface area contributed by atoms with Crippen LogP contribution in [0.3, 0.4) is 0 Å². The van der Waals surface area contributed by atoms with Crippen molar-refractivity contribution in [3.8, 4) is 0 Å². The predicted octanol–water partition coefficient (Wildman–Crippen LogP) is 1.02. The molecule has 1 atom stereocenters. The van der Waals surface area contributed by atoms with Crippen molar-refractivity contribution in [1.82, 2.24) is 15.5 Å². The molecule has 0 spiro atoms. The zero-order valence-electron chi connectivity index (χ0n) is 10.4. The number of nitrogens with zero attached hydrogens (tertiary/aromatic N) is 3. The molecule has 0 amide bonds. The molecule has 1 fully saturated rings. The van der Waals surface area contributed by atoms with Gasteiger partial charge in [-0.15, -0.1) is 0 Å². The van der Waals surface area contributed by atoms with E-state index in [4.69, 9.17) is 4.52 Å². The van der Waals surface area contributed by atoms with Crippen molar-refractivity contribution in [3.05, 3.63) is 5.89 Å². The van der Waals surface area contributed by atoms with E-state index in [1.807, 2.05) is 19.0 Å². The van der Waals surface area contributed by atoms with Crippen LogP contribution < -0.4 is 10.2 Å². The Labute approximate surface area is 96.2 Å². The van der Waals surface area contributed by atoms with Crippen molar-refractivity contribution in [1.29, 1.82) is 0 Å². The van der Waals surface area contributed by atoms with Crippen LogP contribution in [0.4, 0.5) is 5.95 Å². The van der Waals surface area contributed by atoms with E-state index in [-0.39, 0.29) is 5.41 Å². The van der Waals surface area contributed by atoms with E-state index < -0.39 is 0 Å². The van der Waals surface area contributed by atoms with Gasteiger partial charge in [-0.05, 0) is 24.0 Å². The van der Waals surface area contributed by atoms with Gasteiger partial charge in [-0.3, -0.25) is 0 Å². The Morgan fingerprint density at radius 1 is 1.44 bits per heavy atom. The van der Waals surface area contributed by atoms with E-state index in [2.05, 4.69) is 29.3 Å². The quantitative estimate of drug-likeness (QED) is 0.831. The molecule has 2 rings (SSSR count). The fourth-order valence-electron chi connectivity index (χ4n) is 2.23. The van der Waals surface area contributed by atoms with Gasteiger partial charge in [0.15, 0.2) is 0 Å².